The van der Waals surface area contributed by atoms with E-state index in [0.717, 1.165) is 0 Å². The second-order valence-corrected chi connectivity index (χ2v) is 8.29. The molecule has 1 unspecified atom stereocenters. The van der Waals surface area contributed by atoms with E-state index in [2.05, 4.69) is 14.8 Å². The Hall–Kier alpha value is -2.23. The maximum absolute atomic E-state index is 12.6. The number of halogens is 3. The van der Waals surface area contributed by atoms with Crippen molar-refractivity contribution in [3.63, 3.8) is 0 Å². The Morgan fingerprint density at radius 1 is 1.11 bits per heavy atom. The fourth-order valence-corrected chi connectivity index (χ4v) is 3.91. The fraction of sp³-hybridized carbons (Fsp3) is 0.278. The van der Waals surface area contributed by atoms with E-state index in [9.17, 15) is 22.0 Å². The van der Waals surface area contributed by atoms with Crippen molar-refractivity contribution in [1.82, 2.24) is 4.72 Å². The van der Waals surface area contributed by atoms with Crippen LogP contribution in [-0.4, -0.2) is 27.0 Å². The highest BCUT2D eigenvalue weighted by atomic mass is 35.5. The molecule has 0 aromatic heterocycles. The molecule has 0 saturated carbocycles. The number of benzene rings is 2. The SMILES string of the molecule is CC(C)C(NS(=O)(=O)c1ccccc1)C(=O)Nc1ccc(OC(F)F)c(Cl)c1. The topological polar surface area (TPSA) is 84.5 Å². The maximum Gasteiger partial charge on any atom is 0.387 e. The third-order valence-corrected chi connectivity index (χ3v) is 5.45. The van der Waals surface area contributed by atoms with E-state index in [-0.39, 0.29) is 27.3 Å². The normalized spacial score (nSPS) is 12.8. The van der Waals surface area contributed by atoms with Crippen molar-refractivity contribution in [3.8, 4) is 5.75 Å². The smallest absolute Gasteiger partial charge is 0.387 e. The molecule has 2 aromatic rings. The van der Waals surface area contributed by atoms with Crippen LogP contribution in [0.25, 0.3) is 0 Å². The molecule has 0 bridgehead atoms. The molecule has 0 fully saturated rings. The number of anilines is 1. The minimum Gasteiger partial charge on any atom is -0.433 e. The van der Waals surface area contributed by atoms with E-state index in [0.29, 0.717) is 0 Å². The van der Waals surface area contributed by atoms with Crippen LogP contribution in [-0.2, 0) is 14.8 Å². The average molecular weight is 433 g/mol. The second kappa shape index (κ2) is 9.31. The summed E-state index contributed by atoms with van der Waals surface area (Å²) >= 11 is 5.86. The summed E-state index contributed by atoms with van der Waals surface area (Å²) in [6, 6.07) is 10.3. The van der Waals surface area contributed by atoms with Gasteiger partial charge in [-0.3, -0.25) is 4.79 Å². The Labute approximate surface area is 166 Å². The molecule has 152 valence electrons. The van der Waals surface area contributed by atoms with Crippen LogP contribution in [0.2, 0.25) is 5.02 Å². The fourth-order valence-electron chi connectivity index (χ4n) is 2.32. The first kappa shape index (κ1) is 22.1. The molecule has 2 aromatic carbocycles. The lowest BCUT2D eigenvalue weighted by molar-refractivity contribution is -0.118. The van der Waals surface area contributed by atoms with Gasteiger partial charge in [0.15, 0.2) is 0 Å². The molecule has 0 aliphatic rings. The van der Waals surface area contributed by atoms with Gasteiger partial charge in [-0.1, -0.05) is 43.6 Å². The summed E-state index contributed by atoms with van der Waals surface area (Å²) in [5.74, 6) is -1.22. The van der Waals surface area contributed by atoms with Crippen LogP contribution in [0.15, 0.2) is 53.4 Å². The number of ether oxygens (including phenoxy) is 1. The number of sulfonamides is 1. The molecule has 6 nitrogen and oxygen atoms in total. The minimum atomic E-state index is -3.91. The zero-order chi connectivity index (χ0) is 20.9. The van der Waals surface area contributed by atoms with E-state index >= 15 is 0 Å². The Morgan fingerprint density at radius 3 is 2.29 bits per heavy atom. The first-order valence-electron chi connectivity index (χ1n) is 8.23. The lowest BCUT2D eigenvalue weighted by atomic mass is 10.0. The van der Waals surface area contributed by atoms with Crippen molar-refractivity contribution >= 4 is 33.2 Å². The number of carbonyl (C=O) groups excluding carboxylic acids is 1. The van der Waals surface area contributed by atoms with Gasteiger partial charge in [0.05, 0.1) is 9.92 Å². The lowest BCUT2D eigenvalue weighted by Crippen LogP contribution is -2.47. The Bertz CT molecular complexity index is 924. The highest BCUT2D eigenvalue weighted by Crippen LogP contribution is 2.29. The van der Waals surface area contributed by atoms with Gasteiger partial charge < -0.3 is 10.1 Å². The van der Waals surface area contributed by atoms with E-state index in [1.807, 2.05) is 0 Å². The van der Waals surface area contributed by atoms with Gasteiger partial charge >= 0.3 is 6.61 Å². The predicted molar refractivity (Wildman–Crippen MR) is 102 cm³/mol. The van der Waals surface area contributed by atoms with Gasteiger partial charge in [-0.15, -0.1) is 0 Å². The molecule has 0 spiro atoms. The molecule has 0 aliphatic heterocycles. The Balaban J connectivity index is 2.16. The van der Waals surface area contributed by atoms with Gasteiger partial charge in [-0.2, -0.15) is 13.5 Å². The third kappa shape index (κ3) is 5.88. The zero-order valence-corrected chi connectivity index (χ0v) is 16.6. The van der Waals surface area contributed by atoms with Gasteiger partial charge in [0.2, 0.25) is 15.9 Å². The van der Waals surface area contributed by atoms with E-state index in [4.69, 9.17) is 11.6 Å². The monoisotopic (exact) mass is 432 g/mol. The highest BCUT2D eigenvalue weighted by Gasteiger charge is 2.28. The Morgan fingerprint density at radius 2 is 1.75 bits per heavy atom. The van der Waals surface area contributed by atoms with Gasteiger partial charge in [0.25, 0.3) is 0 Å². The number of rotatable bonds is 8. The molecule has 28 heavy (non-hydrogen) atoms. The molecule has 10 heteroatoms. The molecule has 0 saturated heterocycles. The molecule has 0 aliphatic carbocycles. The van der Waals surface area contributed by atoms with Gasteiger partial charge in [0, 0.05) is 5.69 Å². The summed E-state index contributed by atoms with van der Waals surface area (Å²) in [6.45, 7) is 0.338. The first-order valence-corrected chi connectivity index (χ1v) is 10.1. The number of amides is 1. The number of nitrogens with one attached hydrogen (secondary N) is 2. The molecule has 0 heterocycles. The summed E-state index contributed by atoms with van der Waals surface area (Å²) < 4.78 is 56.2. The molecule has 1 amide bonds. The van der Waals surface area contributed by atoms with E-state index < -0.39 is 28.6 Å². The highest BCUT2D eigenvalue weighted by molar-refractivity contribution is 7.89. The predicted octanol–water partition coefficient (Wildman–Crippen LogP) is 3.88. The van der Waals surface area contributed by atoms with Crippen molar-refractivity contribution in [2.45, 2.75) is 31.4 Å². The number of hydrogen-bond acceptors (Lipinski definition) is 4. The van der Waals surface area contributed by atoms with Crippen LogP contribution in [0.1, 0.15) is 13.8 Å². The number of alkyl halides is 2. The molecule has 1 atom stereocenters. The lowest BCUT2D eigenvalue weighted by Gasteiger charge is -2.22. The molecule has 0 radical (unpaired) electrons. The maximum atomic E-state index is 12.6. The summed E-state index contributed by atoms with van der Waals surface area (Å²) in [5, 5.41) is 2.40. The van der Waals surface area contributed by atoms with Crippen LogP contribution in [0, 0.1) is 5.92 Å². The van der Waals surface area contributed by atoms with Crippen molar-refractivity contribution in [2.24, 2.45) is 5.92 Å². The van der Waals surface area contributed by atoms with Crippen LogP contribution in [0.3, 0.4) is 0 Å². The largest absolute Gasteiger partial charge is 0.433 e. The molecule has 2 rings (SSSR count). The van der Waals surface area contributed by atoms with Crippen LogP contribution in [0.4, 0.5) is 14.5 Å². The zero-order valence-electron chi connectivity index (χ0n) is 15.0. The quantitative estimate of drug-likeness (QED) is 0.663. The van der Waals surface area contributed by atoms with Crippen LogP contribution in [0.5, 0.6) is 5.75 Å². The molecular weight excluding hydrogens is 414 g/mol. The second-order valence-electron chi connectivity index (χ2n) is 6.17. The van der Waals surface area contributed by atoms with E-state index in [1.165, 1.54) is 30.3 Å². The summed E-state index contributed by atoms with van der Waals surface area (Å²) in [7, 11) is -3.91. The van der Waals surface area contributed by atoms with Crippen molar-refractivity contribution in [2.75, 3.05) is 5.32 Å². The van der Waals surface area contributed by atoms with Crippen LogP contribution < -0.4 is 14.8 Å². The van der Waals surface area contributed by atoms with Crippen molar-refractivity contribution in [3.05, 3.63) is 53.6 Å². The first-order chi connectivity index (χ1) is 13.1. The molecule has 2 N–H and O–H groups in total. The van der Waals surface area contributed by atoms with Crippen molar-refractivity contribution < 1.29 is 26.7 Å². The molecular formula is C18H19ClF2N2O4S. The third-order valence-electron chi connectivity index (χ3n) is 3.70. The van der Waals surface area contributed by atoms with E-state index in [1.54, 1.807) is 32.0 Å². The van der Waals surface area contributed by atoms with Gasteiger partial charge in [0.1, 0.15) is 11.8 Å². The summed E-state index contributed by atoms with van der Waals surface area (Å²) in [6.07, 6.45) is 0. The number of hydrogen-bond donors (Lipinski definition) is 2. The standard InChI is InChI=1S/C18H19ClF2N2O4S/c1-11(2)16(23-28(25,26)13-6-4-3-5-7-13)17(24)22-12-8-9-15(14(19)10-12)27-18(20)21/h3-11,16,18,23H,1-2H3,(H,22,24). The Kier molecular flexibility index (Phi) is 7.34. The number of carbonyl (C=O) groups is 1. The average Bonchev–Trinajstić information content (AvgIpc) is 2.62. The summed E-state index contributed by atoms with van der Waals surface area (Å²) in [5.41, 5.74) is 0.209. The minimum absolute atomic E-state index is 0.0324. The van der Waals surface area contributed by atoms with Crippen molar-refractivity contribution in [1.29, 1.82) is 0 Å². The van der Waals surface area contributed by atoms with Gasteiger partial charge in [-0.05, 0) is 36.2 Å². The van der Waals surface area contributed by atoms with Crippen LogP contribution >= 0.6 is 11.6 Å². The van der Waals surface area contributed by atoms with Gasteiger partial charge in [-0.25, -0.2) is 8.42 Å². The summed E-state index contributed by atoms with van der Waals surface area (Å²) in [4.78, 5) is 12.6.